The van der Waals surface area contributed by atoms with E-state index >= 15 is 0 Å². The van der Waals surface area contributed by atoms with Crippen molar-refractivity contribution in [2.24, 2.45) is 17.6 Å². The largest absolute Gasteiger partial charge is 0.481 e. The molecular formula is C13H20N2O3. The summed E-state index contributed by atoms with van der Waals surface area (Å²) in [5.74, 6) is -0.686. The molecule has 5 heteroatoms. The standard InChI is InChI=1S/C13H20N2O3/c14-11-4-3-10(7-11)13(18)15-5-1-2-9(8-15)6-12(16)17/h3-4,9-11H,1-2,5-8,14H2,(H,16,17). The molecule has 0 saturated carbocycles. The fourth-order valence-electron chi connectivity index (χ4n) is 2.82. The summed E-state index contributed by atoms with van der Waals surface area (Å²) in [6, 6.07) is -0.0152. The van der Waals surface area contributed by atoms with Gasteiger partial charge in [0.05, 0.1) is 5.92 Å². The number of carboxylic acid groups (broad SMARTS) is 1. The first kappa shape index (κ1) is 13.1. The van der Waals surface area contributed by atoms with Gasteiger partial charge in [0.1, 0.15) is 0 Å². The zero-order valence-corrected chi connectivity index (χ0v) is 10.4. The van der Waals surface area contributed by atoms with Crippen molar-refractivity contribution in [2.75, 3.05) is 13.1 Å². The Hall–Kier alpha value is -1.36. The van der Waals surface area contributed by atoms with Crippen LogP contribution in [0.2, 0.25) is 0 Å². The number of carboxylic acids is 1. The normalized spacial score (nSPS) is 31.6. The van der Waals surface area contributed by atoms with E-state index in [2.05, 4.69) is 0 Å². The molecule has 3 unspecified atom stereocenters. The Morgan fingerprint density at radius 3 is 2.78 bits per heavy atom. The number of likely N-dealkylation sites (tertiary alicyclic amines) is 1. The molecule has 3 N–H and O–H groups in total. The molecule has 1 aliphatic carbocycles. The highest BCUT2D eigenvalue weighted by molar-refractivity contribution is 5.81. The minimum Gasteiger partial charge on any atom is -0.481 e. The minimum atomic E-state index is -0.780. The van der Waals surface area contributed by atoms with Crippen LogP contribution in [0.4, 0.5) is 0 Å². The average molecular weight is 252 g/mol. The summed E-state index contributed by atoms with van der Waals surface area (Å²) in [6.07, 6.45) is 6.39. The number of carbonyl (C=O) groups is 2. The van der Waals surface area contributed by atoms with Crippen LogP contribution in [0.3, 0.4) is 0 Å². The maximum atomic E-state index is 12.2. The summed E-state index contributed by atoms with van der Waals surface area (Å²) in [4.78, 5) is 24.8. The molecule has 100 valence electrons. The van der Waals surface area contributed by atoms with Crippen molar-refractivity contribution >= 4 is 11.9 Å². The van der Waals surface area contributed by atoms with E-state index < -0.39 is 5.97 Å². The van der Waals surface area contributed by atoms with Crippen LogP contribution < -0.4 is 5.73 Å². The topological polar surface area (TPSA) is 83.6 Å². The fourth-order valence-corrected chi connectivity index (χ4v) is 2.82. The van der Waals surface area contributed by atoms with Crippen molar-refractivity contribution in [2.45, 2.75) is 31.7 Å². The molecule has 0 aromatic heterocycles. The zero-order chi connectivity index (χ0) is 13.1. The number of hydrogen-bond donors (Lipinski definition) is 2. The number of piperidine rings is 1. The minimum absolute atomic E-state index is 0.0152. The molecule has 0 spiro atoms. The van der Waals surface area contributed by atoms with Gasteiger partial charge in [0.2, 0.25) is 5.91 Å². The molecule has 0 radical (unpaired) electrons. The average Bonchev–Trinajstić information content (AvgIpc) is 2.74. The van der Waals surface area contributed by atoms with Gasteiger partial charge in [0.25, 0.3) is 0 Å². The number of aliphatic carboxylic acids is 1. The smallest absolute Gasteiger partial charge is 0.303 e. The second-order valence-corrected chi connectivity index (χ2v) is 5.28. The Balaban J connectivity index is 1.90. The summed E-state index contributed by atoms with van der Waals surface area (Å²) >= 11 is 0. The molecule has 18 heavy (non-hydrogen) atoms. The molecule has 2 aliphatic rings. The third-order valence-electron chi connectivity index (χ3n) is 3.73. The van der Waals surface area contributed by atoms with Crippen LogP contribution in [-0.4, -0.2) is 41.0 Å². The van der Waals surface area contributed by atoms with Crippen molar-refractivity contribution < 1.29 is 14.7 Å². The molecule has 1 fully saturated rings. The summed E-state index contributed by atoms with van der Waals surface area (Å²) in [7, 11) is 0. The maximum absolute atomic E-state index is 12.2. The lowest BCUT2D eigenvalue weighted by Gasteiger charge is -2.33. The summed E-state index contributed by atoms with van der Waals surface area (Å²) < 4.78 is 0. The van der Waals surface area contributed by atoms with Gasteiger partial charge in [-0.15, -0.1) is 0 Å². The Labute approximate surface area is 107 Å². The van der Waals surface area contributed by atoms with Gasteiger partial charge in [0.15, 0.2) is 0 Å². The van der Waals surface area contributed by atoms with Crippen LogP contribution in [0.25, 0.3) is 0 Å². The third kappa shape index (κ3) is 3.10. The lowest BCUT2D eigenvalue weighted by Crippen LogP contribution is -2.43. The molecule has 5 nitrogen and oxygen atoms in total. The molecule has 0 bridgehead atoms. The van der Waals surface area contributed by atoms with Crippen LogP contribution in [0.5, 0.6) is 0 Å². The Morgan fingerprint density at radius 2 is 2.17 bits per heavy atom. The molecule has 3 atom stereocenters. The highest BCUT2D eigenvalue weighted by atomic mass is 16.4. The molecule has 1 amide bonds. The van der Waals surface area contributed by atoms with Crippen molar-refractivity contribution in [1.82, 2.24) is 4.90 Å². The third-order valence-corrected chi connectivity index (χ3v) is 3.73. The van der Waals surface area contributed by atoms with Crippen molar-refractivity contribution in [3.8, 4) is 0 Å². The first-order chi connectivity index (χ1) is 8.56. The van der Waals surface area contributed by atoms with Crippen molar-refractivity contribution in [1.29, 1.82) is 0 Å². The van der Waals surface area contributed by atoms with Crippen LogP contribution in [-0.2, 0) is 9.59 Å². The number of carbonyl (C=O) groups excluding carboxylic acids is 1. The van der Waals surface area contributed by atoms with Gasteiger partial charge < -0.3 is 15.7 Å². The SMILES string of the molecule is NC1C=CC(C(=O)N2CCCC(CC(=O)O)C2)C1. The van der Waals surface area contributed by atoms with E-state index in [1.165, 1.54) is 0 Å². The molecule has 1 aliphatic heterocycles. The Bertz CT molecular complexity index is 367. The second kappa shape index (κ2) is 5.52. The van der Waals surface area contributed by atoms with E-state index in [-0.39, 0.29) is 30.2 Å². The van der Waals surface area contributed by atoms with E-state index in [0.29, 0.717) is 13.0 Å². The van der Waals surface area contributed by atoms with Crippen LogP contribution in [0.1, 0.15) is 25.7 Å². The zero-order valence-electron chi connectivity index (χ0n) is 10.4. The van der Waals surface area contributed by atoms with Gasteiger partial charge in [-0.3, -0.25) is 9.59 Å². The predicted octanol–water partition coefficient (Wildman–Crippen LogP) is 0.603. The van der Waals surface area contributed by atoms with Gasteiger partial charge >= 0.3 is 5.97 Å². The highest BCUT2D eigenvalue weighted by Crippen LogP contribution is 2.24. The quantitative estimate of drug-likeness (QED) is 0.721. The lowest BCUT2D eigenvalue weighted by atomic mass is 9.93. The Morgan fingerprint density at radius 1 is 1.39 bits per heavy atom. The van der Waals surface area contributed by atoms with Crippen LogP contribution >= 0.6 is 0 Å². The van der Waals surface area contributed by atoms with Gasteiger partial charge in [0, 0.05) is 25.6 Å². The van der Waals surface area contributed by atoms with Gasteiger partial charge in [-0.05, 0) is 25.2 Å². The fraction of sp³-hybridized carbons (Fsp3) is 0.692. The lowest BCUT2D eigenvalue weighted by molar-refractivity contribution is -0.141. The number of amides is 1. The monoisotopic (exact) mass is 252 g/mol. The van der Waals surface area contributed by atoms with Gasteiger partial charge in [-0.2, -0.15) is 0 Å². The molecular weight excluding hydrogens is 232 g/mol. The summed E-state index contributed by atoms with van der Waals surface area (Å²) in [6.45, 7) is 1.32. The summed E-state index contributed by atoms with van der Waals surface area (Å²) in [5.41, 5.74) is 5.75. The van der Waals surface area contributed by atoms with E-state index in [1.54, 1.807) is 0 Å². The molecule has 2 rings (SSSR count). The number of nitrogens with two attached hydrogens (primary N) is 1. The molecule has 0 aromatic rings. The van der Waals surface area contributed by atoms with Gasteiger partial charge in [-0.1, -0.05) is 12.2 Å². The van der Waals surface area contributed by atoms with Crippen molar-refractivity contribution in [3.63, 3.8) is 0 Å². The molecule has 1 heterocycles. The van der Waals surface area contributed by atoms with Crippen LogP contribution in [0, 0.1) is 11.8 Å². The first-order valence-corrected chi connectivity index (χ1v) is 6.50. The molecule has 0 aromatic carbocycles. The highest BCUT2D eigenvalue weighted by Gasteiger charge is 2.30. The van der Waals surface area contributed by atoms with E-state index in [4.69, 9.17) is 10.8 Å². The number of nitrogens with zero attached hydrogens (tertiary/aromatic N) is 1. The number of hydrogen-bond acceptors (Lipinski definition) is 3. The van der Waals surface area contributed by atoms with Gasteiger partial charge in [-0.25, -0.2) is 0 Å². The number of rotatable bonds is 3. The first-order valence-electron chi connectivity index (χ1n) is 6.50. The predicted molar refractivity (Wildman–Crippen MR) is 66.8 cm³/mol. The molecule has 1 saturated heterocycles. The van der Waals surface area contributed by atoms with E-state index in [1.807, 2.05) is 17.1 Å². The Kier molecular flexibility index (Phi) is 4.01. The maximum Gasteiger partial charge on any atom is 0.303 e. The van der Waals surface area contributed by atoms with Crippen molar-refractivity contribution in [3.05, 3.63) is 12.2 Å². The summed E-state index contributed by atoms with van der Waals surface area (Å²) in [5, 5.41) is 8.81. The second-order valence-electron chi connectivity index (χ2n) is 5.28. The van der Waals surface area contributed by atoms with E-state index in [9.17, 15) is 9.59 Å². The van der Waals surface area contributed by atoms with E-state index in [0.717, 1.165) is 19.4 Å². The van der Waals surface area contributed by atoms with Crippen LogP contribution in [0.15, 0.2) is 12.2 Å².